The van der Waals surface area contributed by atoms with Gasteiger partial charge < -0.3 is 28.8 Å². The van der Waals surface area contributed by atoms with Crippen LogP contribution in [0.3, 0.4) is 0 Å². The fourth-order valence-electron chi connectivity index (χ4n) is 3.26. The minimum Gasteiger partial charge on any atom is -0.486 e. The van der Waals surface area contributed by atoms with Crippen molar-refractivity contribution in [2.75, 3.05) is 13.2 Å². The van der Waals surface area contributed by atoms with E-state index in [1.807, 2.05) is 0 Å². The zero-order valence-corrected chi connectivity index (χ0v) is 14.5. The van der Waals surface area contributed by atoms with Crippen LogP contribution in [0.1, 0.15) is 13.3 Å². The molecule has 0 saturated heterocycles. The minimum absolute atomic E-state index is 0.0559. The lowest BCUT2D eigenvalue weighted by Crippen LogP contribution is -2.50. The normalized spacial score (nSPS) is 23.7. The second-order valence-corrected chi connectivity index (χ2v) is 6.84. The minimum atomic E-state index is -1.42. The standard InChI is InChI=1S/C19H18O8/c1-19(23,7-12-6-11(8-20)18(22)25-12)14-9-24-13-4-2-10-3-5-15(21)27-16(10)17(13)26-14/h2-6,12,14,20,23H,7-9H2,1H3/t12-,14+,19+/m0/s1. The zero-order chi connectivity index (χ0) is 19.2. The van der Waals surface area contributed by atoms with Crippen LogP contribution in [-0.2, 0) is 9.53 Å². The zero-order valence-electron chi connectivity index (χ0n) is 14.5. The number of rotatable bonds is 4. The first-order valence-electron chi connectivity index (χ1n) is 8.48. The molecular weight excluding hydrogens is 356 g/mol. The third-order valence-electron chi connectivity index (χ3n) is 4.74. The van der Waals surface area contributed by atoms with Crippen LogP contribution in [0.2, 0.25) is 0 Å². The van der Waals surface area contributed by atoms with Gasteiger partial charge in [-0.1, -0.05) is 0 Å². The van der Waals surface area contributed by atoms with E-state index in [1.54, 1.807) is 25.1 Å². The molecule has 142 valence electrons. The molecule has 8 heteroatoms. The predicted octanol–water partition coefficient (Wildman–Crippen LogP) is 0.918. The molecule has 3 atom stereocenters. The molecule has 4 rings (SSSR count). The largest absolute Gasteiger partial charge is 0.486 e. The van der Waals surface area contributed by atoms with Crippen LogP contribution in [0, 0.1) is 0 Å². The summed E-state index contributed by atoms with van der Waals surface area (Å²) in [6, 6.07) is 6.38. The van der Waals surface area contributed by atoms with Crippen molar-refractivity contribution in [3.8, 4) is 11.5 Å². The van der Waals surface area contributed by atoms with Crippen molar-refractivity contribution in [2.45, 2.75) is 31.2 Å². The van der Waals surface area contributed by atoms with E-state index in [4.69, 9.17) is 23.7 Å². The second kappa shape index (κ2) is 6.40. The first-order chi connectivity index (χ1) is 12.9. The van der Waals surface area contributed by atoms with Gasteiger partial charge in [0.1, 0.15) is 18.3 Å². The molecule has 27 heavy (non-hydrogen) atoms. The van der Waals surface area contributed by atoms with E-state index in [1.165, 1.54) is 12.1 Å². The van der Waals surface area contributed by atoms with E-state index in [0.717, 1.165) is 0 Å². The summed E-state index contributed by atoms with van der Waals surface area (Å²) in [5.74, 6) is 0.0626. The van der Waals surface area contributed by atoms with Gasteiger partial charge in [-0.2, -0.15) is 0 Å². The fourth-order valence-corrected chi connectivity index (χ4v) is 3.26. The van der Waals surface area contributed by atoms with Crippen LogP contribution >= 0.6 is 0 Å². The lowest BCUT2D eigenvalue weighted by molar-refractivity contribution is -0.144. The molecule has 2 N–H and O–H groups in total. The fraction of sp³-hybridized carbons (Fsp3) is 0.368. The quantitative estimate of drug-likeness (QED) is 0.600. The van der Waals surface area contributed by atoms with Crippen LogP contribution < -0.4 is 15.1 Å². The first kappa shape index (κ1) is 17.6. The monoisotopic (exact) mass is 374 g/mol. The number of cyclic esters (lactones) is 1. The van der Waals surface area contributed by atoms with Gasteiger partial charge in [-0.15, -0.1) is 0 Å². The summed E-state index contributed by atoms with van der Waals surface area (Å²) in [6.07, 6.45) is 0.0832. The third kappa shape index (κ3) is 3.17. The summed E-state index contributed by atoms with van der Waals surface area (Å²) < 4.78 is 22.0. The van der Waals surface area contributed by atoms with Crippen molar-refractivity contribution in [2.24, 2.45) is 0 Å². The summed E-state index contributed by atoms with van der Waals surface area (Å²) in [4.78, 5) is 23.2. The highest BCUT2D eigenvalue weighted by molar-refractivity contribution is 5.91. The average molecular weight is 374 g/mol. The molecule has 2 aromatic rings. The summed E-state index contributed by atoms with van der Waals surface area (Å²) in [5.41, 5.74) is -1.53. The number of hydrogen-bond donors (Lipinski definition) is 2. The van der Waals surface area contributed by atoms with Crippen molar-refractivity contribution >= 4 is 16.9 Å². The maximum atomic E-state index is 11.6. The molecule has 0 unspecified atom stereocenters. The lowest BCUT2D eigenvalue weighted by Gasteiger charge is -2.37. The van der Waals surface area contributed by atoms with Crippen molar-refractivity contribution < 1.29 is 33.6 Å². The first-order valence-corrected chi connectivity index (χ1v) is 8.48. The number of carbonyl (C=O) groups is 1. The van der Waals surface area contributed by atoms with Gasteiger partial charge in [-0.25, -0.2) is 9.59 Å². The Morgan fingerprint density at radius 3 is 2.70 bits per heavy atom. The van der Waals surface area contributed by atoms with E-state index in [2.05, 4.69) is 0 Å². The molecule has 0 bridgehead atoms. The highest BCUT2D eigenvalue weighted by Gasteiger charge is 2.42. The molecule has 0 fully saturated rings. The van der Waals surface area contributed by atoms with Gasteiger partial charge in [0.15, 0.2) is 17.4 Å². The maximum Gasteiger partial charge on any atom is 0.336 e. The molecule has 1 aromatic heterocycles. The molecule has 1 aromatic carbocycles. The van der Waals surface area contributed by atoms with Crippen LogP contribution in [-0.4, -0.2) is 47.2 Å². The third-order valence-corrected chi connectivity index (χ3v) is 4.74. The molecule has 2 aliphatic heterocycles. The van der Waals surface area contributed by atoms with E-state index in [-0.39, 0.29) is 29.9 Å². The Balaban J connectivity index is 1.60. The Kier molecular flexibility index (Phi) is 4.16. The Bertz CT molecular complexity index is 987. The molecule has 0 amide bonds. The van der Waals surface area contributed by atoms with Gasteiger partial charge in [0, 0.05) is 17.9 Å². The van der Waals surface area contributed by atoms with Crippen molar-refractivity contribution in [3.63, 3.8) is 0 Å². The Hall–Kier alpha value is -2.84. The van der Waals surface area contributed by atoms with E-state index in [9.17, 15) is 14.7 Å². The lowest BCUT2D eigenvalue weighted by atomic mass is 9.91. The van der Waals surface area contributed by atoms with Gasteiger partial charge in [-0.3, -0.25) is 0 Å². The molecule has 8 nitrogen and oxygen atoms in total. The van der Waals surface area contributed by atoms with Crippen LogP contribution in [0.15, 0.2) is 45.1 Å². The second-order valence-electron chi connectivity index (χ2n) is 6.84. The van der Waals surface area contributed by atoms with Crippen LogP contribution in [0.5, 0.6) is 11.5 Å². The molecule has 0 saturated carbocycles. The number of benzene rings is 1. The Morgan fingerprint density at radius 2 is 1.96 bits per heavy atom. The molecule has 0 spiro atoms. The van der Waals surface area contributed by atoms with Gasteiger partial charge in [0.2, 0.25) is 5.75 Å². The average Bonchev–Trinajstić information content (AvgIpc) is 2.99. The van der Waals surface area contributed by atoms with E-state index < -0.39 is 36.0 Å². The van der Waals surface area contributed by atoms with Gasteiger partial charge in [0.25, 0.3) is 0 Å². The SMILES string of the molecule is C[C@@](O)(C[C@@H]1C=C(CO)C(=O)O1)[C@H]1COc2ccc3ccc(=O)oc3c2O1. The molecular formula is C19H18O8. The number of hydrogen-bond acceptors (Lipinski definition) is 8. The predicted molar refractivity (Wildman–Crippen MR) is 92.7 cm³/mol. The summed E-state index contributed by atoms with van der Waals surface area (Å²) in [7, 11) is 0. The van der Waals surface area contributed by atoms with Gasteiger partial charge in [0.05, 0.1) is 12.2 Å². The number of carbonyl (C=O) groups excluding carboxylic acids is 1. The number of fused-ring (bicyclic) bond motifs is 3. The summed E-state index contributed by atoms with van der Waals surface area (Å²) in [6.45, 7) is 1.20. The smallest absolute Gasteiger partial charge is 0.336 e. The van der Waals surface area contributed by atoms with Gasteiger partial charge in [-0.05, 0) is 31.2 Å². The number of aliphatic hydroxyl groups is 2. The van der Waals surface area contributed by atoms with Gasteiger partial charge >= 0.3 is 11.6 Å². The van der Waals surface area contributed by atoms with Crippen LogP contribution in [0.25, 0.3) is 11.0 Å². The van der Waals surface area contributed by atoms with Crippen molar-refractivity contribution in [3.05, 3.63) is 46.3 Å². The van der Waals surface area contributed by atoms with Crippen molar-refractivity contribution in [1.29, 1.82) is 0 Å². The number of ether oxygens (including phenoxy) is 3. The highest BCUT2D eigenvalue weighted by atomic mass is 16.6. The highest BCUT2D eigenvalue weighted by Crippen LogP contribution is 2.40. The summed E-state index contributed by atoms with van der Waals surface area (Å²) >= 11 is 0. The van der Waals surface area contributed by atoms with Crippen LogP contribution in [0.4, 0.5) is 0 Å². The Morgan fingerprint density at radius 1 is 1.19 bits per heavy atom. The number of esters is 1. The molecule has 3 heterocycles. The summed E-state index contributed by atoms with van der Waals surface area (Å²) in [5, 5.41) is 20.7. The molecule has 2 aliphatic rings. The Labute approximate surface area is 153 Å². The van der Waals surface area contributed by atoms with E-state index in [0.29, 0.717) is 11.1 Å². The molecule has 0 aliphatic carbocycles. The topological polar surface area (TPSA) is 115 Å². The maximum absolute atomic E-state index is 11.6. The molecule has 0 radical (unpaired) electrons. The van der Waals surface area contributed by atoms with E-state index >= 15 is 0 Å². The van der Waals surface area contributed by atoms with Crippen molar-refractivity contribution in [1.82, 2.24) is 0 Å². The number of aliphatic hydroxyl groups excluding tert-OH is 1.